The smallest absolute Gasteiger partial charge is 0.254 e. The maximum Gasteiger partial charge on any atom is 0.254 e. The van der Waals surface area contributed by atoms with Crippen molar-refractivity contribution >= 4 is 22.4 Å². The molecule has 5 heteroatoms. The summed E-state index contributed by atoms with van der Waals surface area (Å²) in [6.07, 6.45) is 2.48. The van der Waals surface area contributed by atoms with Crippen molar-refractivity contribution in [2.24, 2.45) is 5.41 Å². The number of carbonyl (C=O) groups is 1. The average molecular weight is 347 g/mol. The zero-order chi connectivity index (χ0) is 18.6. The standard InChI is InChI=1S/C21H21N3O2/c1-21(2,3)20-23-11-10-17(25)18(23)19(26)24(20)16-9-8-13(12-22)14-6-4-5-7-15(14)16/h4-11,17-18,20,25H,1-3H3/t17-,18-,20+/m0/s1. The van der Waals surface area contributed by atoms with Crippen molar-refractivity contribution in [3.63, 3.8) is 0 Å². The minimum Gasteiger partial charge on any atom is -0.386 e. The summed E-state index contributed by atoms with van der Waals surface area (Å²) in [5.41, 5.74) is 1.14. The Morgan fingerprint density at radius 3 is 2.46 bits per heavy atom. The lowest BCUT2D eigenvalue weighted by atomic mass is 9.90. The number of amides is 1. The molecule has 2 heterocycles. The molecule has 1 amide bonds. The minimum absolute atomic E-state index is 0.114. The van der Waals surface area contributed by atoms with Crippen LogP contribution in [0, 0.1) is 16.7 Å². The first-order valence-corrected chi connectivity index (χ1v) is 8.73. The van der Waals surface area contributed by atoms with Crippen LogP contribution < -0.4 is 4.90 Å². The molecular weight excluding hydrogens is 326 g/mol. The number of hydrogen-bond acceptors (Lipinski definition) is 4. The third-order valence-corrected chi connectivity index (χ3v) is 5.17. The highest BCUT2D eigenvalue weighted by Crippen LogP contribution is 2.43. The van der Waals surface area contributed by atoms with E-state index in [1.165, 1.54) is 0 Å². The molecule has 5 nitrogen and oxygen atoms in total. The molecule has 0 bridgehead atoms. The minimum atomic E-state index is -0.804. The van der Waals surface area contributed by atoms with Gasteiger partial charge in [-0.1, -0.05) is 45.0 Å². The van der Waals surface area contributed by atoms with Crippen molar-refractivity contribution in [3.8, 4) is 6.07 Å². The first-order chi connectivity index (χ1) is 12.3. The molecular formula is C21H21N3O2. The molecule has 0 spiro atoms. The molecule has 2 aromatic rings. The number of carbonyl (C=O) groups excluding carboxylic acids is 1. The monoisotopic (exact) mass is 347 g/mol. The third-order valence-electron chi connectivity index (χ3n) is 5.17. The van der Waals surface area contributed by atoms with Crippen LogP contribution in [0.25, 0.3) is 10.8 Å². The largest absolute Gasteiger partial charge is 0.386 e. The van der Waals surface area contributed by atoms with E-state index in [0.29, 0.717) is 5.56 Å². The Bertz CT molecular complexity index is 967. The van der Waals surface area contributed by atoms with Crippen LogP contribution in [0.15, 0.2) is 48.7 Å². The molecule has 2 aliphatic heterocycles. The molecule has 2 aliphatic rings. The summed E-state index contributed by atoms with van der Waals surface area (Å²) < 4.78 is 0. The molecule has 1 saturated heterocycles. The number of nitrogens with zero attached hydrogens (tertiary/aromatic N) is 3. The second-order valence-electron chi connectivity index (χ2n) is 7.96. The van der Waals surface area contributed by atoms with Crippen LogP contribution in [0.2, 0.25) is 0 Å². The van der Waals surface area contributed by atoms with Crippen molar-refractivity contribution in [2.45, 2.75) is 39.1 Å². The number of aliphatic hydroxyl groups is 1. The zero-order valence-electron chi connectivity index (χ0n) is 15.0. The van der Waals surface area contributed by atoms with Gasteiger partial charge in [-0.05, 0) is 18.2 Å². The van der Waals surface area contributed by atoms with Gasteiger partial charge < -0.3 is 10.0 Å². The SMILES string of the molecule is CC(C)(C)[C@H]1N(c2ccc(C#N)c3ccccc23)C(=O)[C@@H]2[C@@H](O)C=CN21. The van der Waals surface area contributed by atoms with E-state index in [1.54, 1.807) is 17.0 Å². The summed E-state index contributed by atoms with van der Waals surface area (Å²) in [4.78, 5) is 17.0. The molecule has 0 saturated carbocycles. The van der Waals surface area contributed by atoms with Gasteiger partial charge in [0.15, 0.2) is 0 Å². The van der Waals surface area contributed by atoms with Gasteiger partial charge in [0.05, 0.1) is 17.3 Å². The van der Waals surface area contributed by atoms with Crippen LogP contribution in [-0.4, -0.2) is 34.2 Å². The Morgan fingerprint density at radius 1 is 1.12 bits per heavy atom. The van der Waals surface area contributed by atoms with E-state index in [9.17, 15) is 15.2 Å². The van der Waals surface area contributed by atoms with Crippen molar-refractivity contribution in [1.29, 1.82) is 5.26 Å². The van der Waals surface area contributed by atoms with Crippen molar-refractivity contribution in [3.05, 3.63) is 54.2 Å². The predicted octanol–water partition coefficient (Wildman–Crippen LogP) is 2.99. The number of rotatable bonds is 1. The van der Waals surface area contributed by atoms with Gasteiger partial charge in [0.2, 0.25) is 0 Å². The predicted molar refractivity (Wildman–Crippen MR) is 100 cm³/mol. The highest BCUT2D eigenvalue weighted by atomic mass is 16.3. The van der Waals surface area contributed by atoms with E-state index in [-0.39, 0.29) is 17.5 Å². The summed E-state index contributed by atoms with van der Waals surface area (Å²) in [6, 6.07) is 12.9. The van der Waals surface area contributed by atoms with Gasteiger partial charge >= 0.3 is 0 Å². The number of nitriles is 1. The van der Waals surface area contributed by atoms with Gasteiger partial charge in [0.25, 0.3) is 5.91 Å². The fraction of sp³-hybridized carbons (Fsp3) is 0.333. The number of anilines is 1. The Kier molecular flexibility index (Phi) is 3.57. The normalized spacial score (nSPS) is 25.0. The molecule has 0 aliphatic carbocycles. The topological polar surface area (TPSA) is 67.6 Å². The number of aliphatic hydroxyl groups excluding tert-OH is 1. The van der Waals surface area contributed by atoms with Gasteiger partial charge in [0.1, 0.15) is 18.3 Å². The van der Waals surface area contributed by atoms with Crippen molar-refractivity contribution in [2.75, 3.05) is 4.90 Å². The third kappa shape index (κ3) is 2.23. The lowest BCUT2D eigenvalue weighted by molar-refractivity contribution is -0.120. The van der Waals surface area contributed by atoms with Gasteiger partial charge in [-0.3, -0.25) is 9.69 Å². The molecule has 1 N–H and O–H groups in total. The lowest BCUT2D eigenvalue weighted by Crippen LogP contribution is -2.47. The van der Waals surface area contributed by atoms with E-state index in [2.05, 4.69) is 26.8 Å². The van der Waals surface area contributed by atoms with Crippen molar-refractivity contribution < 1.29 is 9.90 Å². The molecule has 0 radical (unpaired) electrons. The van der Waals surface area contributed by atoms with E-state index in [1.807, 2.05) is 41.4 Å². The zero-order valence-corrected chi connectivity index (χ0v) is 15.0. The Balaban J connectivity index is 1.95. The first-order valence-electron chi connectivity index (χ1n) is 8.73. The fourth-order valence-electron chi connectivity index (χ4n) is 4.14. The quantitative estimate of drug-likeness (QED) is 0.861. The molecule has 0 unspecified atom stereocenters. The van der Waals surface area contributed by atoms with E-state index < -0.39 is 12.1 Å². The van der Waals surface area contributed by atoms with E-state index in [0.717, 1.165) is 16.5 Å². The molecule has 1 fully saturated rings. The van der Waals surface area contributed by atoms with Crippen LogP contribution in [0.1, 0.15) is 26.3 Å². The highest BCUT2D eigenvalue weighted by molar-refractivity contribution is 6.09. The van der Waals surface area contributed by atoms with Crippen LogP contribution >= 0.6 is 0 Å². The van der Waals surface area contributed by atoms with Crippen LogP contribution in [0.5, 0.6) is 0 Å². The number of fused-ring (bicyclic) bond motifs is 2. The number of benzene rings is 2. The van der Waals surface area contributed by atoms with Gasteiger partial charge in [0, 0.05) is 22.4 Å². The van der Waals surface area contributed by atoms with Gasteiger partial charge in [-0.25, -0.2) is 0 Å². The van der Waals surface area contributed by atoms with Crippen molar-refractivity contribution in [1.82, 2.24) is 4.90 Å². The Hall–Kier alpha value is -2.84. The molecule has 0 aromatic heterocycles. The molecule has 2 aromatic carbocycles. The van der Waals surface area contributed by atoms with Crippen LogP contribution in [0.4, 0.5) is 5.69 Å². The fourth-order valence-corrected chi connectivity index (χ4v) is 4.14. The van der Waals surface area contributed by atoms with E-state index in [4.69, 9.17) is 0 Å². The average Bonchev–Trinajstić information content (AvgIpc) is 3.12. The highest BCUT2D eigenvalue weighted by Gasteiger charge is 2.54. The molecule has 132 valence electrons. The summed E-state index contributed by atoms with van der Waals surface area (Å²) in [5, 5.41) is 21.4. The summed E-state index contributed by atoms with van der Waals surface area (Å²) >= 11 is 0. The second-order valence-corrected chi connectivity index (χ2v) is 7.96. The molecule has 4 rings (SSSR count). The van der Waals surface area contributed by atoms with Crippen LogP contribution in [0.3, 0.4) is 0 Å². The lowest BCUT2D eigenvalue weighted by Gasteiger charge is -2.39. The second kappa shape index (κ2) is 5.58. The first kappa shape index (κ1) is 16.6. The summed E-state index contributed by atoms with van der Waals surface area (Å²) in [5.74, 6) is -0.114. The Morgan fingerprint density at radius 2 is 1.81 bits per heavy atom. The summed E-state index contributed by atoms with van der Waals surface area (Å²) in [6.45, 7) is 6.26. The maximum atomic E-state index is 13.3. The number of hydrogen-bond donors (Lipinski definition) is 1. The van der Waals surface area contributed by atoms with Crippen LogP contribution in [-0.2, 0) is 4.79 Å². The van der Waals surface area contributed by atoms with Gasteiger partial charge in [-0.2, -0.15) is 5.26 Å². The van der Waals surface area contributed by atoms with E-state index >= 15 is 0 Å². The maximum absolute atomic E-state index is 13.3. The van der Waals surface area contributed by atoms with Gasteiger partial charge in [-0.15, -0.1) is 0 Å². The summed E-state index contributed by atoms with van der Waals surface area (Å²) in [7, 11) is 0. The molecule has 3 atom stereocenters. The molecule has 26 heavy (non-hydrogen) atoms. The Labute approximate surface area is 152 Å².